The Kier molecular flexibility index (Phi) is 5.89. The number of rotatable bonds is 6. The third-order valence-corrected chi connectivity index (χ3v) is 3.56. The lowest BCUT2D eigenvalue weighted by molar-refractivity contribution is -0.136. The summed E-state index contributed by atoms with van der Waals surface area (Å²) in [5.74, 6) is -0.896. The number of thioether (sulfide) groups is 1. The van der Waals surface area contributed by atoms with Crippen LogP contribution in [0.25, 0.3) is 0 Å². The Bertz CT molecular complexity index is 443. The molecule has 5 heteroatoms. The van der Waals surface area contributed by atoms with Crippen molar-refractivity contribution < 1.29 is 14.7 Å². The van der Waals surface area contributed by atoms with E-state index in [1.807, 2.05) is 32.9 Å². The summed E-state index contributed by atoms with van der Waals surface area (Å²) < 4.78 is 0. The predicted molar refractivity (Wildman–Crippen MR) is 78.8 cm³/mol. The fourth-order valence-corrected chi connectivity index (χ4v) is 2.13. The van der Waals surface area contributed by atoms with Gasteiger partial charge in [0.05, 0.1) is 5.75 Å². The first kappa shape index (κ1) is 15.6. The number of aryl methyl sites for hydroxylation is 1. The molecular formula is C14H19NO3S. The fraction of sp³-hybridized carbons (Fsp3) is 0.429. The van der Waals surface area contributed by atoms with Crippen molar-refractivity contribution in [1.82, 2.24) is 0 Å². The second-order valence-electron chi connectivity index (χ2n) is 4.57. The molecule has 0 radical (unpaired) electrons. The molecule has 0 aliphatic carbocycles. The van der Waals surface area contributed by atoms with E-state index >= 15 is 0 Å². The second kappa shape index (κ2) is 7.19. The number of benzene rings is 1. The average molecular weight is 281 g/mol. The van der Waals surface area contributed by atoms with Gasteiger partial charge in [-0.05, 0) is 24.3 Å². The monoisotopic (exact) mass is 281 g/mol. The van der Waals surface area contributed by atoms with Crippen LogP contribution in [0.2, 0.25) is 0 Å². The Morgan fingerprint density at radius 2 is 1.84 bits per heavy atom. The molecule has 19 heavy (non-hydrogen) atoms. The molecule has 0 atom stereocenters. The zero-order chi connectivity index (χ0) is 14.4. The van der Waals surface area contributed by atoms with Crippen molar-refractivity contribution >= 4 is 29.3 Å². The van der Waals surface area contributed by atoms with E-state index in [0.717, 1.165) is 5.56 Å². The van der Waals surface area contributed by atoms with Crippen LogP contribution in [0.1, 0.15) is 19.4 Å². The Labute approximate surface area is 117 Å². The van der Waals surface area contributed by atoms with Gasteiger partial charge in [0, 0.05) is 5.69 Å². The van der Waals surface area contributed by atoms with Crippen molar-refractivity contribution in [2.24, 2.45) is 0 Å². The van der Waals surface area contributed by atoms with Gasteiger partial charge < -0.3 is 10.0 Å². The number of amides is 1. The van der Waals surface area contributed by atoms with E-state index in [0.29, 0.717) is 16.7 Å². The molecule has 1 N–H and O–H groups in total. The molecule has 4 nitrogen and oxygen atoms in total. The van der Waals surface area contributed by atoms with E-state index in [1.165, 1.54) is 16.7 Å². The van der Waals surface area contributed by atoms with Crippen molar-refractivity contribution in [3.63, 3.8) is 0 Å². The Hall–Kier alpha value is -1.49. The first-order valence-electron chi connectivity index (χ1n) is 6.10. The molecule has 0 aliphatic rings. The van der Waals surface area contributed by atoms with Crippen LogP contribution < -0.4 is 4.90 Å². The van der Waals surface area contributed by atoms with Crippen molar-refractivity contribution in [3.8, 4) is 0 Å². The number of carboxylic acids is 1. The van der Waals surface area contributed by atoms with E-state index in [-0.39, 0.29) is 12.5 Å². The molecule has 0 unspecified atom stereocenters. The number of aliphatic carboxylic acids is 1. The molecule has 0 saturated carbocycles. The highest BCUT2D eigenvalue weighted by Gasteiger charge is 2.18. The molecule has 0 spiro atoms. The van der Waals surface area contributed by atoms with Gasteiger partial charge in [0.1, 0.15) is 6.54 Å². The number of hydrogen-bond donors (Lipinski definition) is 1. The largest absolute Gasteiger partial charge is 0.480 e. The van der Waals surface area contributed by atoms with Crippen LogP contribution in [0.5, 0.6) is 0 Å². The average Bonchev–Trinajstić information content (AvgIpc) is 2.34. The van der Waals surface area contributed by atoms with Crippen molar-refractivity contribution in [2.45, 2.75) is 26.0 Å². The highest BCUT2D eigenvalue weighted by molar-refractivity contribution is 8.00. The van der Waals surface area contributed by atoms with E-state index in [4.69, 9.17) is 5.11 Å². The van der Waals surface area contributed by atoms with Gasteiger partial charge in [0.25, 0.3) is 0 Å². The van der Waals surface area contributed by atoms with Gasteiger partial charge in [0.2, 0.25) is 5.91 Å². The summed E-state index contributed by atoms with van der Waals surface area (Å²) in [7, 11) is 0. The van der Waals surface area contributed by atoms with Crippen LogP contribution in [0.3, 0.4) is 0 Å². The summed E-state index contributed by atoms with van der Waals surface area (Å²) >= 11 is 1.51. The van der Waals surface area contributed by atoms with Crippen LogP contribution in [0.4, 0.5) is 5.69 Å². The van der Waals surface area contributed by atoms with Gasteiger partial charge in [0.15, 0.2) is 0 Å². The highest BCUT2D eigenvalue weighted by atomic mass is 32.2. The van der Waals surface area contributed by atoms with Crippen LogP contribution >= 0.6 is 11.8 Å². The maximum atomic E-state index is 12.1. The molecule has 0 aliphatic heterocycles. The van der Waals surface area contributed by atoms with E-state index in [9.17, 15) is 9.59 Å². The molecular weight excluding hydrogens is 262 g/mol. The number of carbonyl (C=O) groups is 2. The Balaban J connectivity index is 2.84. The van der Waals surface area contributed by atoms with Crippen molar-refractivity contribution in [3.05, 3.63) is 29.8 Å². The van der Waals surface area contributed by atoms with E-state index in [1.54, 1.807) is 12.1 Å². The zero-order valence-electron chi connectivity index (χ0n) is 11.4. The molecule has 104 valence electrons. The molecule has 0 fully saturated rings. The van der Waals surface area contributed by atoms with Crippen molar-refractivity contribution in [1.29, 1.82) is 0 Å². The standard InChI is InChI=1S/C14H19NO3S/c1-10(2)19-9-13(16)15(8-14(17)18)12-6-4-11(3)5-7-12/h4-7,10H,8-9H2,1-3H3,(H,17,18). The highest BCUT2D eigenvalue weighted by Crippen LogP contribution is 2.18. The molecule has 0 heterocycles. The van der Waals surface area contributed by atoms with Gasteiger partial charge in [-0.1, -0.05) is 31.5 Å². The SMILES string of the molecule is Cc1ccc(N(CC(=O)O)C(=O)CSC(C)C)cc1. The van der Waals surface area contributed by atoms with Gasteiger partial charge in [-0.3, -0.25) is 9.59 Å². The summed E-state index contributed by atoms with van der Waals surface area (Å²) in [5, 5.41) is 9.27. The van der Waals surface area contributed by atoms with Crippen LogP contribution in [0.15, 0.2) is 24.3 Å². The topological polar surface area (TPSA) is 57.6 Å². The van der Waals surface area contributed by atoms with Gasteiger partial charge in [-0.15, -0.1) is 11.8 Å². The van der Waals surface area contributed by atoms with Gasteiger partial charge >= 0.3 is 5.97 Å². The minimum Gasteiger partial charge on any atom is -0.480 e. The fourth-order valence-electron chi connectivity index (χ4n) is 1.50. The Morgan fingerprint density at radius 3 is 2.32 bits per heavy atom. The van der Waals surface area contributed by atoms with E-state index in [2.05, 4.69) is 0 Å². The number of carbonyl (C=O) groups excluding carboxylic acids is 1. The molecule has 1 aromatic carbocycles. The Morgan fingerprint density at radius 1 is 1.26 bits per heavy atom. The van der Waals surface area contributed by atoms with Crippen LogP contribution in [-0.2, 0) is 9.59 Å². The molecule has 1 amide bonds. The van der Waals surface area contributed by atoms with Crippen LogP contribution in [-0.4, -0.2) is 34.5 Å². The van der Waals surface area contributed by atoms with Crippen molar-refractivity contribution in [2.75, 3.05) is 17.2 Å². The minimum absolute atomic E-state index is 0.176. The smallest absolute Gasteiger partial charge is 0.323 e. The maximum absolute atomic E-state index is 12.1. The lowest BCUT2D eigenvalue weighted by atomic mass is 10.2. The normalized spacial score (nSPS) is 10.5. The maximum Gasteiger partial charge on any atom is 0.323 e. The summed E-state index contributed by atoms with van der Waals surface area (Å²) in [4.78, 5) is 24.3. The summed E-state index contributed by atoms with van der Waals surface area (Å²) in [5.41, 5.74) is 1.70. The summed E-state index contributed by atoms with van der Waals surface area (Å²) in [6.45, 7) is 5.65. The number of nitrogens with zero attached hydrogens (tertiary/aromatic N) is 1. The number of hydrogen-bond acceptors (Lipinski definition) is 3. The molecule has 1 rings (SSSR count). The molecule has 0 saturated heterocycles. The number of anilines is 1. The first-order valence-corrected chi connectivity index (χ1v) is 7.15. The summed E-state index contributed by atoms with van der Waals surface area (Å²) in [6.07, 6.45) is 0. The predicted octanol–water partition coefficient (Wildman–Crippen LogP) is 2.55. The van der Waals surface area contributed by atoms with Gasteiger partial charge in [-0.25, -0.2) is 0 Å². The first-order chi connectivity index (χ1) is 8.90. The van der Waals surface area contributed by atoms with E-state index < -0.39 is 5.97 Å². The lowest BCUT2D eigenvalue weighted by Crippen LogP contribution is -2.37. The summed E-state index contributed by atoms with van der Waals surface area (Å²) in [6, 6.07) is 7.28. The lowest BCUT2D eigenvalue weighted by Gasteiger charge is -2.21. The minimum atomic E-state index is -1.01. The zero-order valence-corrected chi connectivity index (χ0v) is 12.2. The van der Waals surface area contributed by atoms with Crippen LogP contribution in [0, 0.1) is 6.92 Å². The third-order valence-electron chi connectivity index (χ3n) is 2.48. The third kappa shape index (κ3) is 5.34. The quantitative estimate of drug-likeness (QED) is 0.870. The van der Waals surface area contributed by atoms with Gasteiger partial charge in [-0.2, -0.15) is 0 Å². The molecule has 0 bridgehead atoms. The molecule has 0 aromatic heterocycles. The molecule has 1 aromatic rings. The second-order valence-corrected chi connectivity index (χ2v) is 6.13. The number of carboxylic acid groups (broad SMARTS) is 1.